The number of rotatable bonds is 5. The summed E-state index contributed by atoms with van der Waals surface area (Å²) in [5.41, 5.74) is 1.56. The fourth-order valence-corrected chi connectivity index (χ4v) is 3.80. The Labute approximate surface area is 170 Å². The number of hydrogen-bond acceptors (Lipinski definition) is 7. The molecule has 2 heterocycles. The predicted molar refractivity (Wildman–Crippen MR) is 112 cm³/mol. The second kappa shape index (κ2) is 7.42. The number of aromatic nitrogens is 2. The number of hydrogen-bond donors (Lipinski definition) is 1. The van der Waals surface area contributed by atoms with Gasteiger partial charge in [-0.3, -0.25) is 4.79 Å². The fraction of sp³-hybridized carbons (Fsp3) is 0.476. The highest BCUT2D eigenvalue weighted by atomic mass is 16.5. The van der Waals surface area contributed by atoms with Gasteiger partial charge in [-0.25, -0.2) is 4.98 Å². The first-order chi connectivity index (χ1) is 13.9. The summed E-state index contributed by atoms with van der Waals surface area (Å²) < 4.78 is 11.2. The van der Waals surface area contributed by atoms with Gasteiger partial charge in [-0.2, -0.15) is 4.98 Å². The molecule has 1 saturated carbocycles. The van der Waals surface area contributed by atoms with Crippen LogP contribution in [0.5, 0.6) is 11.5 Å². The Bertz CT molecular complexity index is 911. The van der Waals surface area contributed by atoms with Gasteiger partial charge < -0.3 is 24.6 Å². The van der Waals surface area contributed by atoms with Crippen molar-refractivity contribution in [2.45, 2.75) is 44.9 Å². The molecule has 1 aromatic carbocycles. The number of amides is 1. The van der Waals surface area contributed by atoms with Crippen molar-refractivity contribution in [1.29, 1.82) is 0 Å². The largest absolute Gasteiger partial charge is 0.497 e. The molecule has 1 N–H and O–H groups in total. The molecule has 154 valence electrons. The molecule has 1 amide bonds. The number of nitrogens with zero attached hydrogens (tertiary/aromatic N) is 4. The highest BCUT2D eigenvalue weighted by Crippen LogP contribution is 2.36. The van der Waals surface area contributed by atoms with E-state index in [1.807, 2.05) is 50.1 Å². The highest BCUT2D eigenvalue weighted by Gasteiger charge is 2.36. The number of carbonyl (C=O) groups is 1. The van der Waals surface area contributed by atoms with Crippen LogP contribution in [-0.4, -0.2) is 55.3 Å². The summed E-state index contributed by atoms with van der Waals surface area (Å²) >= 11 is 0. The molecule has 8 heteroatoms. The van der Waals surface area contributed by atoms with Crippen LogP contribution >= 0.6 is 0 Å². The number of aryl methyl sites for hydroxylation is 1. The van der Waals surface area contributed by atoms with Crippen LogP contribution in [0.1, 0.15) is 25.5 Å². The van der Waals surface area contributed by atoms with Crippen molar-refractivity contribution in [3.63, 3.8) is 0 Å². The lowest BCUT2D eigenvalue weighted by molar-refractivity contribution is -0.119. The second-order valence-electron chi connectivity index (χ2n) is 7.72. The van der Waals surface area contributed by atoms with Crippen LogP contribution in [0.15, 0.2) is 24.3 Å². The molecule has 29 heavy (non-hydrogen) atoms. The maximum absolute atomic E-state index is 12.4. The van der Waals surface area contributed by atoms with Crippen LogP contribution < -0.4 is 24.6 Å². The number of nitrogens with one attached hydrogen (secondary N) is 1. The molecule has 0 unspecified atom stereocenters. The van der Waals surface area contributed by atoms with Gasteiger partial charge in [0.05, 0.1) is 12.8 Å². The lowest BCUT2D eigenvalue weighted by atomic mass is 9.89. The van der Waals surface area contributed by atoms with Gasteiger partial charge in [-0.1, -0.05) is 0 Å². The zero-order chi connectivity index (χ0) is 20.7. The maximum Gasteiger partial charge on any atom is 0.249 e. The number of fused-ring (bicyclic) bond motifs is 1. The molecular formula is C21H27N5O3. The van der Waals surface area contributed by atoms with Gasteiger partial charge in [0, 0.05) is 33.0 Å². The lowest BCUT2D eigenvalue weighted by Gasteiger charge is -2.38. The lowest BCUT2D eigenvalue weighted by Crippen LogP contribution is -2.50. The summed E-state index contributed by atoms with van der Waals surface area (Å²) in [4.78, 5) is 25.2. The van der Waals surface area contributed by atoms with Gasteiger partial charge >= 0.3 is 0 Å². The summed E-state index contributed by atoms with van der Waals surface area (Å²) in [5, 5.41) is 3.41. The Morgan fingerprint density at radius 3 is 2.41 bits per heavy atom. The first kappa shape index (κ1) is 19.3. The second-order valence-corrected chi connectivity index (χ2v) is 7.72. The smallest absolute Gasteiger partial charge is 0.249 e. The third kappa shape index (κ3) is 3.54. The van der Waals surface area contributed by atoms with E-state index in [-0.39, 0.29) is 24.1 Å². The standard InChI is InChI=1S/C21H27N5O3/c1-12-18-19(25(3)13(2)20(27)26(18)4)24-21(22-12)23-14-10-17(11-14)29-16-8-6-15(28-5)7-9-16/h6-9,13-14,17H,10-11H2,1-5H3,(H,22,23,24)/t13-,14?,17?/m0/s1. The van der Waals surface area contributed by atoms with Crippen LogP contribution in [0.2, 0.25) is 0 Å². The Hall–Kier alpha value is -3.03. The zero-order valence-corrected chi connectivity index (χ0v) is 17.5. The van der Waals surface area contributed by atoms with E-state index in [4.69, 9.17) is 14.5 Å². The molecule has 4 rings (SSSR count). The Morgan fingerprint density at radius 2 is 1.76 bits per heavy atom. The molecule has 8 nitrogen and oxygen atoms in total. The number of methoxy groups -OCH3 is 1. The molecule has 1 fully saturated rings. The van der Waals surface area contributed by atoms with Crippen LogP contribution in [-0.2, 0) is 4.79 Å². The molecule has 1 aromatic heterocycles. The summed E-state index contributed by atoms with van der Waals surface area (Å²) in [6.45, 7) is 3.80. The monoisotopic (exact) mass is 397 g/mol. The minimum Gasteiger partial charge on any atom is -0.497 e. The maximum atomic E-state index is 12.4. The Balaban J connectivity index is 1.40. The van der Waals surface area contributed by atoms with Crippen LogP contribution in [0.25, 0.3) is 0 Å². The Morgan fingerprint density at radius 1 is 1.10 bits per heavy atom. The van der Waals surface area contributed by atoms with Gasteiger partial charge in [-0.05, 0) is 38.1 Å². The first-order valence-electron chi connectivity index (χ1n) is 9.83. The number of ether oxygens (including phenoxy) is 2. The number of anilines is 3. The normalized spacial score (nSPS) is 23.3. The Kier molecular flexibility index (Phi) is 4.94. The average Bonchev–Trinajstić information content (AvgIpc) is 2.69. The van der Waals surface area contributed by atoms with Gasteiger partial charge in [0.2, 0.25) is 11.9 Å². The van der Waals surface area contributed by atoms with Crippen molar-refractivity contribution in [3.05, 3.63) is 30.0 Å². The van der Waals surface area contributed by atoms with E-state index >= 15 is 0 Å². The first-order valence-corrected chi connectivity index (χ1v) is 9.83. The van der Waals surface area contributed by atoms with Crippen molar-refractivity contribution in [1.82, 2.24) is 9.97 Å². The van der Waals surface area contributed by atoms with Crippen molar-refractivity contribution >= 4 is 23.4 Å². The molecule has 2 aliphatic rings. The molecule has 2 aromatic rings. The van der Waals surface area contributed by atoms with Crippen LogP contribution in [0, 0.1) is 6.92 Å². The average molecular weight is 397 g/mol. The van der Waals surface area contributed by atoms with E-state index in [1.165, 1.54) is 0 Å². The predicted octanol–water partition coefficient (Wildman–Crippen LogP) is 2.62. The number of likely N-dealkylation sites (N-methyl/N-ethyl adjacent to an activating group) is 2. The molecule has 1 aliphatic heterocycles. The molecule has 0 saturated heterocycles. The van der Waals surface area contributed by atoms with Crippen molar-refractivity contribution in [2.75, 3.05) is 36.3 Å². The van der Waals surface area contributed by atoms with Gasteiger partial charge in [-0.15, -0.1) is 0 Å². The number of carbonyl (C=O) groups excluding carboxylic acids is 1. The highest BCUT2D eigenvalue weighted by molar-refractivity contribution is 6.04. The van der Waals surface area contributed by atoms with Crippen molar-refractivity contribution in [3.8, 4) is 11.5 Å². The summed E-state index contributed by atoms with van der Waals surface area (Å²) in [6, 6.07) is 7.65. The van der Waals surface area contributed by atoms with Crippen LogP contribution in [0.3, 0.4) is 0 Å². The van der Waals surface area contributed by atoms with Crippen molar-refractivity contribution < 1.29 is 14.3 Å². The van der Waals surface area contributed by atoms with E-state index in [0.29, 0.717) is 5.95 Å². The summed E-state index contributed by atoms with van der Waals surface area (Å²) in [6.07, 6.45) is 1.94. The third-order valence-corrected chi connectivity index (χ3v) is 5.77. The van der Waals surface area contributed by atoms with Crippen molar-refractivity contribution in [2.24, 2.45) is 0 Å². The molecular weight excluding hydrogens is 370 g/mol. The molecule has 1 aliphatic carbocycles. The zero-order valence-electron chi connectivity index (χ0n) is 17.5. The molecule has 1 atom stereocenters. The van der Waals surface area contributed by atoms with Crippen LogP contribution in [0.4, 0.5) is 17.5 Å². The summed E-state index contributed by atoms with van der Waals surface area (Å²) in [5.74, 6) is 3.08. The molecule has 0 radical (unpaired) electrons. The fourth-order valence-electron chi connectivity index (χ4n) is 3.80. The quantitative estimate of drug-likeness (QED) is 0.831. The van der Waals surface area contributed by atoms with E-state index in [0.717, 1.165) is 41.5 Å². The molecule has 0 bridgehead atoms. The van der Waals surface area contributed by atoms with E-state index in [1.54, 1.807) is 19.1 Å². The van der Waals surface area contributed by atoms with E-state index < -0.39 is 0 Å². The van der Waals surface area contributed by atoms with Gasteiger partial charge in [0.15, 0.2) is 5.82 Å². The minimum atomic E-state index is -0.249. The summed E-state index contributed by atoms with van der Waals surface area (Å²) in [7, 11) is 5.32. The number of benzene rings is 1. The minimum absolute atomic E-state index is 0.0462. The molecule has 0 spiro atoms. The topological polar surface area (TPSA) is 79.8 Å². The van der Waals surface area contributed by atoms with E-state index in [9.17, 15) is 4.79 Å². The van der Waals surface area contributed by atoms with E-state index in [2.05, 4.69) is 10.3 Å². The SMILES string of the molecule is COc1ccc(OC2CC(Nc3nc(C)c4c(n3)N(C)[C@@H](C)C(=O)N4C)C2)cc1. The van der Waals surface area contributed by atoms with Gasteiger partial charge in [0.1, 0.15) is 29.3 Å². The third-order valence-electron chi connectivity index (χ3n) is 5.77. The van der Waals surface area contributed by atoms with Gasteiger partial charge in [0.25, 0.3) is 0 Å².